The predicted molar refractivity (Wildman–Crippen MR) is 88.9 cm³/mol. The Balaban J connectivity index is 2.46. The minimum atomic E-state index is -1.14. The van der Waals surface area contributed by atoms with Crippen LogP contribution >= 0.6 is 0 Å². The van der Waals surface area contributed by atoms with Crippen molar-refractivity contribution in [1.29, 1.82) is 0 Å². The first-order valence-corrected chi connectivity index (χ1v) is 7.83. The van der Waals surface area contributed by atoms with Gasteiger partial charge < -0.3 is 14.7 Å². The summed E-state index contributed by atoms with van der Waals surface area (Å²) in [5.41, 5.74) is 1.75. The van der Waals surface area contributed by atoms with Gasteiger partial charge in [0, 0.05) is 12.2 Å². The van der Waals surface area contributed by atoms with Crippen LogP contribution in [0.5, 0.6) is 5.75 Å². The van der Waals surface area contributed by atoms with Crippen molar-refractivity contribution in [3.05, 3.63) is 35.9 Å². The number of carboxylic acids is 1. The second-order valence-electron chi connectivity index (χ2n) is 6.37. The Kier molecular flexibility index (Phi) is 5.08. The number of fused-ring (bicyclic) bond motifs is 1. The Labute approximate surface area is 136 Å². The summed E-state index contributed by atoms with van der Waals surface area (Å²) in [6, 6.07) is 5.74. The summed E-state index contributed by atoms with van der Waals surface area (Å²) >= 11 is 0. The number of nitrogens with zero attached hydrogens (tertiary/aromatic N) is 1. The molecular weight excluding hydrogens is 294 g/mol. The molecule has 1 aromatic rings. The number of hydrogen-bond acceptors (Lipinski definition) is 3. The maximum atomic E-state index is 12.4. The number of hydrogen-bond donors (Lipinski definition) is 1. The molecule has 2 rings (SSSR count). The minimum Gasteiger partial charge on any atom is -0.486 e. The molecule has 1 N–H and O–H groups in total. The van der Waals surface area contributed by atoms with Gasteiger partial charge in [-0.2, -0.15) is 0 Å². The highest BCUT2D eigenvalue weighted by Crippen LogP contribution is 2.40. The number of rotatable bonds is 4. The molecule has 0 aliphatic carbocycles. The molecule has 0 saturated heterocycles. The molecule has 5 heteroatoms. The molecule has 0 radical (unpaired) electrons. The number of carbonyl (C=O) groups is 2. The van der Waals surface area contributed by atoms with Gasteiger partial charge in [0.2, 0.25) is 0 Å². The van der Waals surface area contributed by atoms with Gasteiger partial charge >= 0.3 is 5.97 Å². The Morgan fingerprint density at radius 1 is 1.26 bits per heavy atom. The third kappa shape index (κ3) is 3.73. The second kappa shape index (κ2) is 6.86. The van der Waals surface area contributed by atoms with E-state index in [2.05, 4.69) is 13.8 Å². The van der Waals surface area contributed by atoms with Crippen molar-refractivity contribution < 1.29 is 19.4 Å². The number of carbonyl (C=O) groups excluding carboxylic acids is 1. The molecule has 1 atom stereocenters. The number of para-hydroxylation sites is 1. The van der Waals surface area contributed by atoms with Gasteiger partial charge in [-0.3, -0.25) is 4.79 Å². The lowest BCUT2D eigenvalue weighted by Crippen LogP contribution is -2.45. The van der Waals surface area contributed by atoms with Crippen LogP contribution in [0.25, 0.3) is 0 Å². The first-order chi connectivity index (χ1) is 10.8. The number of ether oxygens (including phenoxy) is 1. The van der Waals surface area contributed by atoms with E-state index in [1.165, 1.54) is 0 Å². The third-order valence-electron chi connectivity index (χ3n) is 3.95. The molecule has 1 aliphatic rings. The summed E-state index contributed by atoms with van der Waals surface area (Å²) in [4.78, 5) is 24.7. The van der Waals surface area contributed by atoms with Gasteiger partial charge in [-0.1, -0.05) is 39.8 Å². The first-order valence-electron chi connectivity index (χ1n) is 7.83. The predicted octanol–water partition coefficient (Wildman–Crippen LogP) is 3.20. The molecule has 5 nitrogen and oxygen atoms in total. The van der Waals surface area contributed by atoms with Gasteiger partial charge in [-0.25, -0.2) is 4.79 Å². The van der Waals surface area contributed by atoms with E-state index in [1.807, 2.05) is 32.0 Å². The number of aliphatic carboxylic acids is 1. The lowest BCUT2D eigenvalue weighted by atomic mass is 9.97. The van der Waals surface area contributed by atoms with Gasteiger partial charge in [0.25, 0.3) is 5.91 Å². The van der Waals surface area contributed by atoms with Crippen LogP contribution in [0.15, 0.2) is 30.4 Å². The van der Waals surface area contributed by atoms with E-state index in [4.69, 9.17) is 9.84 Å². The maximum Gasteiger partial charge on any atom is 0.328 e. The molecule has 0 spiro atoms. The Hall–Kier alpha value is -2.30. The lowest BCUT2D eigenvalue weighted by molar-refractivity contribution is -0.131. The lowest BCUT2D eigenvalue weighted by Gasteiger charge is -2.37. The molecule has 0 aromatic heterocycles. The van der Waals surface area contributed by atoms with Gasteiger partial charge in [0.15, 0.2) is 0 Å². The van der Waals surface area contributed by atoms with E-state index in [-0.39, 0.29) is 23.8 Å². The van der Waals surface area contributed by atoms with Crippen molar-refractivity contribution in [1.82, 2.24) is 0 Å². The van der Waals surface area contributed by atoms with Crippen LogP contribution in [0.4, 0.5) is 5.69 Å². The van der Waals surface area contributed by atoms with Crippen LogP contribution in [-0.2, 0) is 9.59 Å². The Morgan fingerprint density at radius 2 is 1.96 bits per heavy atom. The van der Waals surface area contributed by atoms with E-state index >= 15 is 0 Å². The number of benzene rings is 1. The Bertz CT molecular complexity index is 634. The average molecular weight is 317 g/mol. The number of anilines is 1. The highest BCUT2D eigenvalue weighted by molar-refractivity contribution is 6.05. The highest BCUT2D eigenvalue weighted by Gasteiger charge is 2.32. The molecule has 0 saturated carbocycles. The van der Waals surface area contributed by atoms with Crippen LogP contribution in [0.1, 0.15) is 39.2 Å². The molecule has 1 aliphatic heterocycles. The molecule has 23 heavy (non-hydrogen) atoms. The second-order valence-corrected chi connectivity index (χ2v) is 6.37. The number of amides is 1. The molecule has 1 unspecified atom stereocenters. The molecular formula is C18H23NO4. The van der Waals surface area contributed by atoms with Crippen molar-refractivity contribution in [2.45, 2.75) is 39.7 Å². The molecule has 1 amide bonds. The van der Waals surface area contributed by atoms with Crippen LogP contribution < -0.4 is 9.64 Å². The van der Waals surface area contributed by atoms with Crippen molar-refractivity contribution >= 4 is 17.6 Å². The topological polar surface area (TPSA) is 66.8 Å². The summed E-state index contributed by atoms with van der Waals surface area (Å²) in [7, 11) is 0. The standard InChI is InChI=1S/C18H23NO4/c1-11(2)13-6-5-7-14-18(13)23-15(12(3)4)10-19(14)16(20)8-9-17(21)22/h5-9,11-12,15H,10H2,1-4H3,(H,21,22)/b9-8-. The average Bonchev–Trinajstić information content (AvgIpc) is 2.50. The van der Waals surface area contributed by atoms with Gasteiger partial charge in [0.05, 0.1) is 12.2 Å². The normalized spacial score (nSPS) is 17.5. The fourth-order valence-corrected chi connectivity index (χ4v) is 2.59. The van der Waals surface area contributed by atoms with Gasteiger partial charge in [-0.05, 0) is 23.5 Å². The van der Waals surface area contributed by atoms with E-state index in [0.717, 1.165) is 23.5 Å². The van der Waals surface area contributed by atoms with Crippen molar-refractivity contribution in [3.8, 4) is 5.75 Å². The van der Waals surface area contributed by atoms with Crippen LogP contribution in [-0.4, -0.2) is 29.6 Å². The van der Waals surface area contributed by atoms with Gasteiger partial charge in [-0.15, -0.1) is 0 Å². The highest BCUT2D eigenvalue weighted by atomic mass is 16.5. The fourth-order valence-electron chi connectivity index (χ4n) is 2.59. The molecule has 1 aromatic carbocycles. The zero-order valence-electron chi connectivity index (χ0n) is 13.9. The zero-order valence-corrected chi connectivity index (χ0v) is 13.9. The summed E-state index contributed by atoms with van der Waals surface area (Å²) in [5.74, 6) is -0.249. The maximum absolute atomic E-state index is 12.4. The zero-order chi connectivity index (χ0) is 17.1. The first kappa shape index (κ1) is 17.1. The smallest absolute Gasteiger partial charge is 0.328 e. The van der Waals surface area contributed by atoms with Crippen LogP contribution in [0.2, 0.25) is 0 Å². The molecule has 0 fully saturated rings. The van der Waals surface area contributed by atoms with Gasteiger partial charge in [0.1, 0.15) is 11.9 Å². The number of carboxylic acid groups (broad SMARTS) is 1. The molecule has 0 bridgehead atoms. The molecule has 124 valence electrons. The quantitative estimate of drug-likeness (QED) is 0.866. The third-order valence-corrected chi connectivity index (χ3v) is 3.95. The Morgan fingerprint density at radius 3 is 2.52 bits per heavy atom. The summed E-state index contributed by atoms with van der Waals surface area (Å²) in [5, 5.41) is 8.73. The van der Waals surface area contributed by atoms with E-state index < -0.39 is 5.97 Å². The SMILES string of the molecule is CC(C)c1cccc2c1OC(C(C)C)CN2C(=O)/C=C\C(=O)O. The monoisotopic (exact) mass is 317 g/mol. The molecule has 1 heterocycles. The van der Waals surface area contributed by atoms with Crippen molar-refractivity contribution in [2.75, 3.05) is 11.4 Å². The van der Waals surface area contributed by atoms with Crippen LogP contribution in [0.3, 0.4) is 0 Å². The largest absolute Gasteiger partial charge is 0.486 e. The van der Waals surface area contributed by atoms with E-state index in [1.54, 1.807) is 4.90 Å². The van der Waals surface area contributed by atoms with E-state index in [9.17, 15) is 9.59 Å². The van der Waals surface area contributed by atoms with Crippen molar-refractivity contribution in [2.24, 2.45) is 5.92 Å². The van der Waals surface area contributed by atoms with Crippen molar-refractivity contribution in [3.63, 3.8) is 0 Å². The fraction of sp³-hybridized carbons (Fsp3) is 0.444. The summed E-state index contributed by atoms with van der Waals surface area (Å²) < 4.78 is 6.16. The van der Waals surface area contributed by atoms with E-state index in [0.29, 0.717) is 12.2 Å². The van der Waals surface area contributed by atoms with Crippen LogP contribution in [0, 0.1) is 5.92 Å². The minimum absolute atomic E-state index is 0.121. The summed E-state index contributed by atoms with van der Waals surface area (Å²) in [6.07, 6.45) is 1.84. The summed E-state index contributed by atoms with van der Waals surface area (Å²) in [6.45, 7) is 8.66.